The first-order valence-corrected chi connectivity index (χ1v) is 26.3. The highest BCUT2D eigenvalue weighted by atomic mass is 32.2. The summed E-state index contributed by atoms with van der Waals surface area (Å²) in [5, 5.41) is 8.72. The number of nitrogens with zero attached hydrogens (tertiary/aromatic N) is 4. The summed E-state index contributed by atoms with van der Waals surface area (Å²) in [6.07, 6.45) is 5.51. The summed E-state index contributed by atoms with van der Waals surface area (Å²) in [5.74, 6) is -12.7. The van der Waals surface area contributed by atoms with Crippen molar-refractivity contribution in [1.29, 1.82) is 0 Å². The number of fused-ring (bicyclic) bond motifs is 1. The maximum atomic E-state index is 14.0. The number of nitrogens with one attached hydrogen (secondary N) is 1. The molecule has 432 valence electrons. The van der Waals surface area contributed by atoms with Crippen LogP contribution in [-0.4, -0.2) is 203 Å². The molecule has 76 heavy (non-hydrogen) atoms. The third-order valence-corrected chi connectivity index (χ3v) is 10.9. The number of aliphatic imine (C=N–C) groups is 1. The number of ether oxygens (including phenoxy) is 11. The molecule has 0 bridgehead atoms. The average molecular weight is 1120 g/mol. The maximum Gasteiger partial charge on any atom is 0.313 e. The third-order valence-electron chi connectivity index (χ3n) is 10.1. The number of amides is 2. The number of benzene rings is 1. The van der Waals surface area contributed by atoms with E-state index >= 15 is 0 Å². The van der Waals surface area contributed by atoms with Crippen LogP contribution in [0, 0.1) is 23.3 Å². The summed E-state index contributed by atoms with van der Waals surface area (Å²) >= 11 is 0. The SMILES string of the molecule is CCCN(OCC)C(=O)C1=Cc2c(cnn2CCCCNC(=O)CCOCCOCCOCCOCCOCCOCCOCCOCCOCCOCCC(=O)Oc2c(F)c(F)c(S(=O)(=O)O)c(F)c2F)N=C(N)C1. The van der Waals surface area contributed by atoms with E-state index in [1.54, 1.807) is 17.0 Å². The highest BCUT2D eigenvalue weighted by molar-refractivity contribution is 7.85. The van der Waals surface area contributed by atoms with E-state index in [1.807, 2.05) is 13.8 Å². The molecule has 1 aliphatic rings. The highest BCUT2D eigenvalue weighted by Gasteiger charge is 2.34. The second kappa shape index (κ2) is 38.7. The number of aryl methyl sites for hydroxylation is 1. The van der Waals surface area contributed by atoms with E-state index < -0.39 is 56.4 Å². The van der Waals surface area contributed by atoms with Gasteiger partial charge in [0.2, 0.25) is 23.3 Å². The summed E-state index contributed by atoms with van der Waals surface area (Å²) in [5.41, 5.74) is 7.91. The lowest BCUT2D eigenvalue weighted by Crippen LogP contribution is -2.34. The third kappa shape index (κ3) is 26.1. The zero-order chi connectivity index (χ0) is 55.4. The molecule has 4 N–H and O–H groups in total. The van der Waals surface area contributed by atoms with E-state index in [0.29, 0.717) is 142 Å². The topological polar surface area (TPSA) is 288 Å². The molecular formula is C47H72F4N6O18S. The zero-order valence-corrected chi connectivity index (χ0v) is 43.9. The molecule has 0 saturated heterocycles. The van der Waals surface area contributed by atoms with E-state index in [2.05, 4.69) is 20.1 Å². The number of halogens is 4. The fourth-order valence-electron chi connectivity index (χ4n) is 6.46. The molecule has 24 nitrogen and oxygen atoms in total. The summed E-state index contributed by atoms with van der Waals surface area (Å²) < 4.78 is 147. The first kappa shape index (κ1) is 65.5. The van der Waals surface area contributed by atoms with E-state index in [9.17, 15) is 40.4 Å². The van der Waals surface area contributed by atoms with Crippen molar-refractivity contribution in [2.24, 2.45) is 10.7 Å². The van der Waals surface area contributed by atoms with Gasteiger partial charge in [-0.25, -0.2) is 18.8 Å². The smallest absolute Gasteiger partial charge is 0.313 e. The summed E-state index contributed by atoms with van der Waals surface area (Å²) in [6.45, 7) is 11.6. The van der Waals surface area contributed by atoms with Crippen molar-refractivity contribution in [1.82, 2.24) is 20.2 Å². The van der Waals surface area contributed by atoms with Crippen molar-refractivity contribution < 1.29 is 102 Å². The monoisotopic (exact) mass is 1120 g/mol. The normalized spacial score (nSPS) is 12.6. The molecule has 3 rings (SSSR count). The lowest BCUT2D eigenvalue weighted by Gasteiger charge is -2.21. The Balaban J connectivity index is 1.00. The number of hydrogen-bond donors (Lipinski definition) is 3. The molecule has 2 amide bonds. The molecule has 0 aliphatic carbocycles. The van der Waals surface area contributed by atoms with Gasteiger partial charge in [0.25, 0.3) is 5.91 Å². The molecule has 1 aliphatic heterocycles. The summed E-state index contributed by atoms with van der Waals surface area (Å²) in [7, 11) is -5.65. The van der Waals surface area contributed by atoms with Crippen LogP contribution in [0.4, 0.5) is 23.2 Å². The van der Waals surface area contributed by atoms with Gasteiger partial charge in [0.15, 0.2) is 16.5 Å². The van der Waals surface area contributed by atoms with Crippen molar-refractivity contribution >= 4 is 45.5 Å². The van der Waals surface area contributed by atoms with Crippen LogP contribution in [0.1, 0.15) is 58.1 Å². The average Bonchev–Trinajstić information content (AvgIpc) is 3.66. The van der Waals surface area contributed by atoms with Crippen molar-refractivity contribution in [2.45, 2.75) is 63.8 Å². The molecule has 0 radical (unpaired) electrons. The van der Waals surface area contributed by atoms with E-state index in [4.69, 9.17) is 62.5 Å². The Morgan fingerprint density at radius 3 is 1.57 bits per heavy atom. The Labute approximate surface area is 439 Å². The number of rotatable bonds is 45. The minimum Gasteiger partial charge on any atom is -0.420 e. The minimum atomic E-state index is -5.65. The van der Waals surface area contributed by atoms with Crippen LogP contribution in [0.25, 0.3) is 6.08 Å². The van der Waals surface area contributed by atoms with E-state index in [1.165, 1.54) is 5.06 Å². The first-order chi connectivity index (χ1) is 36.7. The number of unbranched alkanes of at least 4 members (excludes halogenated alkanes) is 1. The van der Waals surface area contributed by atoms with Crippen molar-refractivity contribution in [3.8, 4) is 5.75 Å². The van der Waals surface area contributed by atoms with Gasteiger partial charge >= 0.3 is 16.1 Å². The van der Waals surface area contributed by atoms with Crippen LogP contribution >= 0.6 is 0 Å². The van der Waals surface area contributed by atoms with Gasteiger partial charge in [-0.3, -0.25) is 28.5 Å². The van der Waals surface area contributed by atoms with E-state index in [0.717, 1.165) is 19.3 Å². The zero-order valence-electron chi connectivity index (χ0n) is 43.0. The Kier molecular flexibility index (Phi) is 33.4. The number of nitrogens with two attached hydrogens (primary N) is 1. The van der Waals surface area contributed by atoms with Gasteiger partial charge in [-0.15, -0.1) is 0 Å². The Morgan fingerprint density at radius 2 is 1.13 bits per heavy atom. The van der Waals surface area contributed by atoms with Gasteiger partial charge in [-0.1, -0.05) is 6.92 Å². The van der Waals surface area contributed by atoms with Gasteiger partial charge in [0.1, 0.15) is 11.5 Å². The van der Waals surface area contributed by atoms with Gasteiger partial charge in [0.05, 0.1) is 157 Å². The molecule has 0 unspecified atom stereocenters. The molecule has 1 aromatic heterocycles. The predicted molar refractivity (Wildman–Crippen MR) is 261 cm³/mol. The molecule has 1 aromatic carbocycles. The Bertz CT molecular complexity index is 2170. The molecule has 0 fully saturated rings. The minimum absolute atomic E-state index is 0.0178. The van der Waals surface area contributed by atoms with Crippen LogP contribution in [-0.2, 0) is 83.3 Å². The van der Waals surface area contributed by atoms with E-state index in [-0.39, 0.29) is 64.3 Å². The van der Waals surface area contributed by atoms with Gasteiger partial charge in [-0.2, -0.15) is 22.3 Å². The van der Waals surface area contributed by atoms with Crippen LogP contribution < -0.4 is 15.8 Å². The van der Waals surface area contributed by atoms with Crippen LogP contribution in [0.2, 0.25) is 0 Å². The Morgan fingerprint density at radius 1 is 0.684 bits per heavy atom. The van der Waals surface area contributed by atoms with Gasteiger partial charge < -0.3 is 63.2 Å². The molecule has 0 spiro atoms. The van der Waals surface area contributed by atoms with Crippen molar-refractivity contribution in [2.75, 3.05) is 152 Å². The van der Waals surface area contributed by atoms with Crippen LogP contribution in [0.15, 0.2) is 21.7 Å². The molecular weight excluding hydrogens is 1040 g/mol. The second-order valence-electron chi connectivity index (χ2n) is 16.0. The Hall–Kier alpha value is -4.76. The number of hydroxylamine groups is 2. The highest BCUT2D eigenvalue weighted by Crippen LogP contribution is 2.33. The summed E-state index contributed by atoms with van der Waals surface area (Å²) in [4.78, 5) is 45.0. The number of carbonyl (C=O) groups is 3. The largest absolute Gasteiger partial charge is 0.420 e. The maximum absolute atomic E-state index is 14.0. The molecule has 29 heteroatoms. The van der Waals surface area contributed by atoms with Crippen molar-refractivity contribution in [3.05, 3.63) is 40.7 Å². The first-order valence-electron chi connectivity index (χ1n) is 24.8. The molecule has 2 aromatic rings. The van der Waals surface area contributed by atoms with Crippen LogP contribution in [0.3, 0.4) is 0 Å². The van der Waals surface area contributed by atoms with Crippen LogP contribution in [0.5, 0.6) is 5.75 Å². The predicted octanol–water partition coefficient (Wildman–Crippen LogP) is 3.10. The van der Waals surface area contributed by atoms with Gasteiger partial charge in [-0.05, 0) is 32.3 Å². The fourth-order valence-corrected chi connectivity index (χ4v) is 7.09. The fraction of sp³-hybridized carbons (Fsp3) is 0.681. The number of amidine groups is 1. The molecule has 2 heterocycles. The number of carbonyl (C=O) groups excluding carboxylic acids is 3. The van der Waals surface area contributed by atoms with Crippen molar-refractivity contribution in [3.63, 3.8) is 0 Å². The molecule has 0 atom stereocenters. The quantitative estimate of drug-likeness (QED) is 0.0163. The standard InChI is InChI=1S/C47H72F4N6O18S/c1-3-10-57(74-4-2)47(60)35-32-37-36(55-38(52)33-35)34-54-56(37)11-6-5-9-53-39(58)7-12-64-14-16-66-18-20-68-22-24-70-26-28-72-30-31-73-29-27-71-25-23-69-21-19-67-17-15-65-13-8-40(59)75-45-41(48)43(50)46(76(61,62)63)44(51)42(45)49/h32,34H,3-31,33H2,1-2H3,(H2,52,55)(H,53,58)(H,61,62,63). The van der Waals surface area contributed by atoms with Gasteiger partial charge in [0, 0.05) is 38.0 Å². The number of hydrogen-bond acceptors (Lipinski definition) is 20. The lowest BCUT2D eigenvalue weighted by molar-refractivity contribution is -0.180. The molecule has 0 saturated carbocycles. The lowest BCUT2D eigenvalue weighted by atomic mass is 10.1. The number of esters is 1. The second-order valence-corrected chi connectivity index (χ2v) is 17.3. The summed E-state index contributed by atoms with van der Waals surface area (Å²) in [6, 6.07) is 0. The number of aromatic nitrogens is 2.